The molecule has 1 fully saturated rings. The smallest absolute Gasteiger partial charge is 0.416 e. The van der Waals surface area contributed by atoms with Gasteiger partial charge in [0.25, 0.3) is 0 Å². The van der Waals surface area contributed by atoms with Crippen molar-refractivity contribution in [2.45, 2.75) is 29.5 Å². The van der Waals surface area contributed by atoms with E-state index in [0.717, 1.165) is 24.3 Å². The summed E-state index contributed by atoms with van der Waals surface area (Å²) in [6.45, 7) is 0.362. The molecule has 0 spiro atoms. The number of hydrogen-bond donors (Lipinski definition) is 0. The SMILES string of the molecule is O=S(=O)(Oc1c(F)c(F)c(F)c(F)c1F)c1ccc2c(c1)OCC[C@@H]2c1ccc(C(F)(F)F)cc1OC1COC1. The second-order valence-electron chi connectivity index (χ2n) is 8.85. The highest BCUT2D eigenvalue weighted by Gasteiger charge is 2.36. The van der Waals surface area contributed by atoms with Crippen LogP contribution in [-0.4, -0.2) is 34.3 Å². The summed E-state index contributed by atoms with van der Waals surface area (Å²) < 4.78 is 154. The first-order valence-corrected chi connectivity index (χ1v) is 12.9. The molecular weight excluding hydrogens is 580 g/mol. The summed E-state index contributed by atoms with van der Waals surface area (Å²) in [4.78, 5) is -0.744. The highest BCUT2D eigenvalue weighted by molar-refractivity contribution is 7.87. The Kier molecular flexibility index (Phi) is 7.06. The van der Waals surface area contributed by atoms with Gasteiger partial charge in [-0.15, -0.1) is 0 Å². The van der Waals surface area contributed by atoms with Crippen LogP contribution in [0.4, 0.5) is 35.1 Å². The molecule has 3 aromatic carbocycles. The van der Waals surface area contributed by atoms with Crippen molar-refractivity contribution in [3.05, 3.63) is 82.2 Å². The lowest BCUT2D eigenvalue weighted by atomic mass is 9.85. The maximum Gasteiger partial charge on any atom is 0.416 e. The van der Waals surface area contributed by atoms with Crippen LogP contribution in [0.5, 0.6) is 17.2 Å². The molecule has 2 heterocycles. The van der Waals surface area contributed by atoms with Crippen LogP contribution in [0.1, 0.15) is 29.0 Å². The predicted octanol–water partition coefficient (Wildman–Crippen LogP) is 5.86. The number of alkyl halides is 3. The minimum absolute atomic E-state index is 0.00727. The van der Waals surface area contributed by atoms with E-state index >= 15 is 0 Å². The van der Waals surface area contributed by atoms with Crippen LogP contribution in [-0.2, 0) is 21.0 Å². The van der Waals surface area contributed by atoms with Crippen molar-refractivity contribution in [3.8, 4) is 17.2 Å². The Bertz CT molecular complexity index is 1560. The van der Waals surface area contributed by atoms with Crippen LogP contribution in [0.3, 0.4) is 0 Å². The summed E-state index contributed by atoms with van der Waals surface area (Å²) in [5.41, 5.74) is -0.237. The fraction of sp³-hybridized carbons (Fsp3) is 0.280. The molecule has 0 aliphatic carbocycles. The highest BCUT2D eigenvalue weighted by atomic mass is 32.2. The van der Waals surface area contributed by atoms with Crippen LogP contribution in [0.25, 0.3) is 0 Å². The van der Waals surface area contributed by atoms with E-state index in [1.165, 1.54) is 12.1 Å². The third kappa shape index (κ3) is 5.03. The highest BCUT2D eigenvalue weighted by Crippen LogP contribution is 2.45. The Balaban J connectivity index is 1.50. The number of halogens is 8. The standard InChI is InChI=1S/C25H16F8O6S/c26-19-20(27)22(29)24(23(30)21(19)28)39-40(34,35)13-2-4-15-14(5-6-37-17(15)8-13)16-3-1-11(25(31,32)33)7-18(16)38-12-9-36-10-12/h1-4,7-8,12,14H,5-6,9-10H2/t14-/m0/s1. The zero-order valence-corrected chi connectivity index (χ0v) is 20.6. The van der Waals surface area contributed by atoms with Gasteiger partial charge in [0.15, 0.2) is 0 Å². The molecule has 0 radical (unpaired) electrons. The van der Waals surface area contributed by atoms with Gasteiger partial charge in [0, 0.05) is 23.1 Å². The Morgan fingerprint density at radius 2 is 1.45 bits per heavy atom. The number of rotatable bonds is 6. The maximum atomic E-state index is 14.0. The molecule has 5 rings (SSSR count). The molecule has 0 N–H and O–H groups in total. The van der Waals surface area contributed by atoms with Crippen LogP contribution in [0, 0.1) is 29.1 Å². The van der Waals surface area contributed by atoms with E-state index in [9.17, 15) is 43.5 Å². The fourth-order valence-corrected chi connectivity index (χ4v) is 5.17. The van der Waals surface area contributed by atoms with Gasteiger partial charge in [-0.05, 0) is 24.6 Å². The van der Waals surface area contributed by atoms with Crippen molar-refractivity contribution < 1.29 is 61.9 Å². The summed E-state index contributed by atoms with van der Waals surface area (Å²) >= 11 is 0. The molecule has 40 heavy (non-hydrogen) atoms. The van der Waals surface area contributed by atoms with Crippen LogP contribution >= 0.6 is 0 Å². The molecule has 6 nitrogen and oxygen atoms in total. The van der Waals surface area contributed by atoms with Gasteiger partial charge in [-0.25, -0.2) is 13.2 Å². The normalized spacial score (nSPS) is 17.6. The molecule has 214 valence electrons. The average molecular weight is 596 g/mol. The molecule has 0 saturated carbocycles. The number of fused-ring (bicyclic) bond motifs is 1. The average Bonchev–Trinajstić information content (AvgIpc) is 2.89. The first-order chi connectivity index (χ1) is 18.8. The molecule has 2 aliphatic heterocycles. The van der Waals surface area contributed by atoms with Crippen LogP contribution in [0.2, 0.25) is 0 Å². The lowest BCUT2D eigenvalue weighted by Gasteiger charge is -2.31. The zero-order chi connectivity index (χ0) is 29.0. The Labute approximate surface area is 221 Å². The van der Waals surface area contributed by atoms with Crippen molar-refractivity contribution in [1.82, 2.24) is 0 Å². The number of ether oxygens (including phenoxy) is 3. The van der Waals surface area contributed by atoms with E-state index in [1.807, 2.05) is 0 Å². The first kappa shape index (κ1) is 28.0. The third-order valence-electron chi connectivity index (χ3n) is 6.29. The van der Waals surface area contributed by atoms with E-state index in [0.29, 0.717) is 11.1 Å². The van der Waals surface area contributed by atoms with Gasteiger partial charge < -0.3 is 18.4 Å². The van der Waals surface area contributed by atoms with Gasteiger partial charge in [0.05, 0.1) is 25.4 Å². The lowest BCUT2D eigenvalue weighted by molar-refractivity contribution is -0.138. The molecule has 2 aliphatic rings. The van der Waals surface area contributed by atoms with Crippen molar-refractivity contribution in [3.63, 3.8) is 0 Å². The molecule has 3 aromatic rings. The van der Waals surface area contributed by atoms with Crippen LogP contribution in [0.15, 0.2) is 41.3 Å². The van der Waals surface area contributed by atoms with Crippen molar-refractivity contribution in [1.29, 1.82) is 0 Å². The minimum Gasteiger partial charge on any atom is -0.493 e. The van der Waals surface area contributed by atoms with Gasteiger partial charge >= 0.3 is 16.3 Å². The molecular formula is C25H16F8O6S. The van der Waals surface area contributed by atoms with E-state index < -0.39 is 73.6 Å². The minimum atomic E-state index is -5.14. The Morgan fingerprint density at radius 3 is 2.05 bits per heavy atom. The van der Waals surface area contributed by atoms with E-state index in [4.69, 9.17) is 14.2 Å². The molecule has 0 aromatic heterocycles. The summed E-state index contributed by atoms with van der Waals surface area (Å²) in [6.07, 6.45) is -4.84. The van der Waals surface area contributed by atoms with Gasteiger partial charge in [0.1, 0.15) is 22.5 Å². The Hall–Kier alpha value is -3.59. The molecule has 15 heteroatoms. The van der Waals surface area contributed by atoms with Gasteiger partial charge in [-0.1, -0.05) is 12.1 Å². The number of benzene rings is 3. The van der Waals surface area contributed by atoms with Gasteiger partial charge in [0.2, 0.25) is 34.8 Å². The zero-order valence-electron chi connectivity index (χ0n) is 19.8. The first-order valence-electron chi connectivity index (χ1n) is 11.5. The van der Waals surface area contributed by atoms with E-state index in [1.54, 1.807) is 0 Å². The molecule has 0 unspecified atom stereocenters. The fourth-order valence-electron chi connectivity index (χ4n) is 4.23. The molecule has 0 bridgehead atoms. The summed E-state index contributed by atoms with van der Waals surface area (Å²) in [5.74, 6) is -15.0. The van der Waals surface area contributed by atoms with Crippen molar-refractivity contribution in [2.75, 3.05) is 19.8 Å². The third-order valence-corrected chi connectivity index (χ3v) is 7.51. The lowest BCUT2D eigenvalue weighted by Crippen LogP contribution is -2.39. The quantitative estimate of drug-likeness (QED) is 0.154. The van der Waals surface area contributed by atoms with Crippen molar-refractivity contribution >= 4 is 10.1 Å². The van der Waals surface area contributed by atoms with Gasteiger partial charge in [-0.3, -0.25) is 0 Å². The summed E-state index contributed by atoms with van der Waals surface area (Å²) in [5, 5.41) is 0. The number of hydrogen-bond acceptors (Lipinski definition) is 6. The monoisotopic (exact) mass is 596 g/mol. The van der Waals surface area contributed by atoms with E-state index in [2.05, 4.69) is 4.18 Å². The topological polar surface area (TPSA) is 71.1 Å². The summed E-state index contributed by atoms with van der Waals surface area (Å²) in [7, 11) is -5.14. The largest absolute Gasteiger partial charge is 0.493 e. The maximum absolute atomic E-state index is 14.0. The predicted molar refractivity (Wildman–Crippen MR) is 119 cm³/mol. The van der Waals surface area contributed by atoms with Crippen molar-refractivity contribution in [2.24, 2.45) is 0 Å². The van der Waals surface area contributed by atoms with Gasteiger partial charge in [-0.2, -0.15) is 30.4 Å². The summed E-state index contributed by atoms with van der Waals surface area (Å²) in [6, 6.07) is 6.07. The second kappa shape index (κ2) is 10.1. The molecule has 1 saturated heterocycles. The molecule has 1 atom stereocenters. The molecule has 0 amide bonds. The Morgan fingerprint density at radius 1 is 0.825 bits per heavy atom. The van der Waals surface area contributed by atoms with E-state index in [-0.39, 0.29) is 37.7 Å². The second-order valence-corrected chi connectivity index (χ2v) is 10.4. The van der Waals surface area contributed by atoms with Crippen LogP contribution < -0.4 is 13.7 Å².